The average molecular weight is 366 g/mol. The van der Waals surface area contributed by atoms with Gasteiger partial charge in [0, 0.05) is 57.3 Å². The van der Waals surface area contributed by atoms with Crippen molar-refractivity contribution in [2.75, 3.05) is 27.2 Å². The third-order valence-corrected chi connectivity index (χ3v) is 5.03. The molecule has 24 heavy (non-hydrogen) atoms. The molecule has 9 heteroatoms. The van der Waals surface area contributed by atoms with Crippen molar-refractivity contribution in [2.24, 2.45) is 0 Å². The highest BCUT2D eigenvalue weighted by Crippen LogP contribution is 2.24. The zero-order chi connectivity index (χ0) is 17.3. The van der Waals surface area contributed by atoms with E-state index in [1.807, 2.05) is 0 Å². The van der Waals surface area contributed by atoms with E-state index in [4.69, 9.17) is 11.6 Å². The predicted molar refractivity (Wildman–Crippen MR) is 90.5 cm³/mol. The minimum absolute atomic E-state index is 0.0874. The molecule has 0 saturated heterocycles. The van der Waals surface area contributed by atoms with Crippen LogP contribution in [0.4, 0.5) is 0 Å². The van der Waals surface area contributed by atoms with Gasteiger partial charge in [0.15, 0.2) is 5.01 Å². The van der Waals surface area contributed by atoms with E-state index in [1.165, 1.54) is 28.6 Å². The number of hydrogen-bond acceptors (Lipinski definition) is 6. The van der Waals surface area contributed by atoms with E-state index in [1.54, 1.807) is 19.0 Å². The normalized spacial score (nSPS) is 14.0. The molecule has 3 heterocycles. The van der Waals surface area contributed by atoms with Crippen LogP contribution in [-0.2, 0) is 12.8 Å². The van der Waals surface area contributed by atoms with Crippen LogP contribution in [0.5, 0.6) is 0 Å². The Hall–Kier alpha value is -2.06. The Kier molecular flexibility index (Phi) is 4.77. The summed E-state index contributed by atoms with van der Waals surface area (Å²) in [6, 6.07) is 0. The van der Waals surface area contributed by atoms with E-state index >= 15 is 0 Å². The van der Waals surface area contributed by atoms with Crippen molar-refractivity contribution in [3.05, 3.63) is 38.8 Å². The second-order valence-corrected chi connectivity index (χ2v) is 7.13. The molecule has 7 nitrogen and oxygen atoms in total. The third kappa shape index (κ3) is 3.39. The summed E-state index contributed by atoms with van der Waals surface area (Å²) in [6.07, 6.45) is 4.12. The van der Waals surface area contributed by atoms with Gasteiger partial charge in [-0.25, -0.2) is 15.0 Å². The lowest BCUT2D eigenvalue weighted by Gasteiger charge is -2.19. The van der Waals surface area contributed by atoms with Crippen molar-refractivity contribution < 1.29 is 9.59 Å². The summed E-state index contributed by atoms with van der Waals surface area (Å²) < 4.78 is 0. The number of amides is 2. The summed E-state index contributed by atoms with van der Waals surface area (Å²) in [5.41, 5.74) is 0.900. The Morgan fingerprint density at radius 2 is 1.88 bits per heavy atom. The van der Waals surface area contributed by atoms with Crippen molar-refractivity contribution in [1.29, 1.82) is 0 Å². The topological polar surface area (TPSA) is 79.3 Å². The molecule has 0 bridgehead atoms. The number of nitrogens with zero attached hydrogens (tertiary/aromatic N) is 5. The van der Waals surface area contributed by atoms with Gasteiger partial charge in [0.1, 0.15) is 0 Å². The number of hydrogen-bond donors (Lipinski definition) is 0. The number of rotatable bonds is 2. The zero-order valence-electron chi connectivity index (χ0n) is 13.3. The standard InChI is InChI=1S/C15H16ClN5O2S/c1-20(2)15(23)13-19-10-3-5-21(6-4-11(10)24-13)14(22)12-17-7-9(16)8-18-12/h7-8H,3-6H2,1-2H3. The first-order chi connectivity index (χ1) is 11.5. The molecule has 1 aliphatic heterocycles. The van der Waals surface area contributed by atoms with E-state index in [0.29, 0.717) is 36.0 Å². The minimum atomic E-state index is -0.216. The highest BCUT2D eigenvalue weighted by Gasteiger charge is 2.25. The van der Waals surface area contributed by atoms with Crippen LogP contribution in [0.15, 0.2) is 12.4 Å². The van der Waals surface area contributed by atoms with E-state index in [0.717, 1.165) is 10.6 Å². The molecule has 0 saturated carbocycles. The predicted octanol–water partition coefficient (Wildman–Crippen LogP) is 1.53. The van der Waals surface area contributed by atoms with Crippen LogP contribution in [0, 0.1) is 0 Å². The summed E-state index contributed by atoms with van der Waals surface area (Å²) in [6.45, 7) is 1.08. The third-order valence-electron chi connectivity index (χ3n) is 3.69. The summed E-state index contributed by atoms with van der Waals surface area (Å²) in [7, 11) is 3.42. The molecule has 2 aromatic heterocycles. The number of aromatic nitrogens is 3. The second-order valence-electron chi connectivity index (χ2n) is 5.61. The monoisotopic (exact) mass is 365 g/mol. The van der Waals surface area contributed by atoms with Gasteiger partial charge in [0.05, 0.1) is 10.7 Å². The molecular weight excluding hydrogens is 350 g/mol. The summed E-state index contributed by atoms with van der Waals surface area (Å²) in [5, 5.41) is 0.901. The molecule has 0 aromatic carbocycles. The molecule has 3 rings (SSSR count). The maximum Gasteiger partial charge on any atom is 0.291 e. The lowest BCUT2D eigenvalue weighted by Crippen LogP contribution is -2.34. The summed E-state index contributed by atoms with van der Waals surface area (Å²) in [4.78, 5) is 41.2. The zero-order valence-corrected chi connectivity index (χ0v) is 14.9. The maximum absolute atomic E-state index is 12.5. The molecule has 0 unspecified atom stereocenters. The highest BCUT2D eigenvalue weighted by molar-refractivity contribution is 7.13. The molecule has 0 radical (unpaired) electrons. The van der Waals surface area contributed by atoms with Crippen molar-refractivity contribution in [3.63, 3.8) is 0 Å². The van der Waals surface area contributed by atoms with Gasteiger partial charge < -0.3 is 9.80 Å². The second kappa shape index (κ2) is 6.82. The smallest absolute Gasteiger partial charge is 0.291 e. The summed E-state index contributed by atoms with van der Waals surface area (Å²) in [5.74, 6) is -0.164. The van der Waals surface area contributed by atoms with Gasteiger partial charge in [-0.2, -0.15) is 0 Å². The molecule has 0 fully saturated rings. The van der Waals surface area contributed by atoms with Crippen LogP contribution in [0.25, 0.3) is 0 Å². The Balaban J connectivity index is 1.72. The van der Waals surface area contributed by atoms with E-state index in [9.17, 15) is 9.59 Å². The molecule has 0 N–H and O–H groups in total. The van der Waals surface area contributed by atoms with E-state index in [2.05, 4.69) is 15.0 Å². The fourth-order valence-corrected chi connectivity index (χ4v) is 3.63. The first-order valence-electron chi connectivity index (χ1n) is 7.42. The van der Waals surface area contributed by atoms with Crippen LogP contribution in [0.2, 0.25) is 5.02 Å². The lowest BCUT2D eigenvalue weighted by molar-refractivity contribution is 0.0749. The average Bonchev–Trinajstić information content (AvgIpc) is 2.87. The fraction of sp³-hybridized carbons (Fsp3) is 0.400. The molecule has 0 spiro atoms. The number of fused-ring (bicyclic) bond motifs is 1. The fourth-order valence-electron chi connectivity index (χ4n) is 2.41. The molecular formula is C15H16ClN5O2S. The number of thiazole rings is 1. The van der Waals surface area contributed by atoms with E-state index < -0.39 is 0 Å². The van der Waals surface area contributed by atoms with Gasteiger partial charge in [-0.15, -0.1) is 11.3 Å². The van der Waals surface area contributed by atoms with Gasteiger partial charge >= 0.3 is 0 Å². The first kappa shape index (κ1) is 16.8. The molecule has 0 aliphatic carbocycles. The lowest BCUT2D eigenvalue weighted by atomic mass is 10.2. The van der Waals surface area contributed by atoms with Crippen LogP contribution in [0.1, 0.15) is 31.0 Å². The van der Waals surface area contributed by atoms with Gasteiger partial charge in [-0.05, 0) is 0 Å². The summed E-state index contributed by atoms with van der Waals surface area (Å²) >= 11 is 7.16. The van der Waals surface area contributed by atoms with Crippen LogP contribution in [0.3, 0.4) is 0 Å². The first-order valence-corrected chi connectivity index (χ1v) is 8.62. The molecule has 126 valence electrons. The van der Waals surface area contributed by atoms with Gasteiger partial charge in [0.2, 0.25) is 5.82 Å². The highest BCUT2D eigenvalue weighted by atomic mass is 35.5. The largest absolute Gasteiger partial charge is 0.343 e. The Labute approximate surface area is 148 Å². The van der Waals surface area contributed by atoms with Crippen LogP contribution < -0.4 is 0 Å². The molecule has 0 atom stereocenters. The van der Waals surface area contributed by atoms with Crippen LogP contribution >= 0.6 is 22.9 Å². The van der Waals surface area contributed by atoms with E-state index in [-0.39, 0.29) is 17.6 Å². The van der Waals surface area contributed by atoms with Gasteiger partial charge in [0.25, 0.3) is 11.8 Å². The van der Waals surface area contributed by atoms with Crippen molar-refractivity contribution in [3.8, 4) is 0 Å². The number of carbonyl (C=O) groups excluding carboxylic acids is 2. The van der Waals surface area contributed by atoms with Crippen LogP contribution in [-0.4, -0.2) is 63.8 Å². The van der Waals surface area contributed by atoms with Crippen molar-refractivity contribution >= 4 is 34.8 Å². The molecule has 2 aromatic rings. The SMILES string of the molecule is CN(C)C(=O)c1nc2c(s1)CCN(C(=O)c1ncc(Cl)cn1)CC2. The quantitative estimate of drug-likeness (QED) is 0.806. The number of carbonyl (C=O) groups is 2. The molecule has 1 aliphatic rings. The van der Waals surface area contributed by atoms with Crippen molar-refractivity contribution in [2.45, 2.75) is 12.8 Å². The number of halogens is 1. The minimum Gasteiger partial charge on any atom is -0.343 e. The Bertz CT molecular complexity index is 749. The Morgan fingerprint density at radius 3 is 2.54 bits per heavy atom. The van der Waals surface area contributed by atoms with Gasteiger partial charge in [-0.3, -0.25) is 9.59 Å². The maximum atomic E-state index is 12.5. The molecule has 2 amide bonds. The van der Waals surface area contributed by atoms with Crippen molar-refractivity contribution in [1.82, 2.24) is 24.8 Å². The Morgan fingerprint density at radius 1 is 1.21 bits per heavy atom. The van der Waals surface area contributed by atoms with Gasteiger partial charge in [-0.1, -0.05) is 11.6 Å².